The maximum absolute atomic E-state index is 9.78. The maximum Gasteiger partial charge on any atom is 0.103 e. The fraction of sp³-hybridized carbons (Fsp3) is 0.500. The molecule has 0 rings (SSSR count). The molecule has 0 saturated heterocycles. The third kappa shape index (κ3) is 10.7. The van der Waals surface area contributed by atoms with Crippen LogP contribution in [0.4, 0.5) is 0 Å². The zero-order valence-corrected chi connectivity index (χ0v) is 6.11. The van der Waals surface area contributed by atoms with Crippen molar-refractivity contribution in [3.63, 3.8) is 0 Å². The zero-order valence-electron chi connectivity index (χ0n) is 3.84. The Morgan fingerprint density at radius 1 is 1.71 bits per heavy atom. The maximum atomic E-state index is 9.78. The van der Waals surface area contributed by atoms with Crippen LogP contribution in [-0.2, 0) is 30.7 Å². The predicted octanol–water partition coefficient (Wildman–Crippen LogP) is 0.0727. The molecular weight excluding hydrogens is 275 g/mol. The van der Waals surface area contributed by atoms with Crippen LogP contribution >= 0.6 is 0 Å². The van der Waals surface area contributed by atoms with Gasteiger partial charge in [0.05, 0.1) is 0 Å². The molecule has 0 aromatic heterocycles. The van der Waals surface area contributed by atoms with Gasteiger partial charge in [0.25, 0.3) is 0 Å². The van der Waals surface area contributed by atoms with Gasteiger partial charge in [-0.3, -0.25) is 6.29 Å². The number of ketones is 1. The fourth-order valence-corrected chi connectivity index (χ4v) is 0.102. The molecular formula is C4H5O2Pt-. The van der Waals surface area contributed by atoms with Gasteiger partial charge in [-0.1, -0.05) is 6.42 Å². The minimum Gasteiger partial charge on any atom is -0.541 e. The van der Waals surface area contributed by atoms with Gasteiger partial charge in [-0.2, -0.15) is 0 Å². The van der Waals surface area contributed by atoms with E-state index in [0.29, 0.717) is 0 Å². The second kappa shape index (κ2) is 6.03. The summed E-state index contributed by atoms with van der Waals surface area (Å²) < 4.78 is 0. The van der Waals surface area contributed by atoms with Crippen LogP contribution in [0.5, 0.6) is 0 Å². The quantitative estimate of drug-likeness (QED) is 0.530. The SMILES string of the molecule is CC(=O)C[C-]=O.[Pt]. The molecule has 0 aromatic carbocycles. The molecule has 0 aromatic rings. The summed E-state index contributed by atoms with van der Waals surface area (Å²) in [4.78, 5) is 19.1. The van der Waals surface area contributed by atoms with E-state index >= 15 is 0 Å². The van der Waals surface area contributed by atoms with E-state index in [4.69, 9.17) is 0 Å². The van der Waals surface area contributed by atoms with Crippen LogP contribution in [0.2, 0.25) is 0 Å². The third-order valence-corrected chi connectivity index (χ3v) is 0.321. The molecule has 3 heteroatoms. The van der Waals surface area contributed by atoms with E-state index in [-0.39, 0.29) is 33.3 Å². The van der Waals surface area contributed by atoms with Gasteiger partial charge < -0.3 is 9.59 Å². The van der Waals surface area contributed by atoms with Crippen LogP contribution in [0.25, 0.3) is 0 Å². The summed E-state index contributed by atoms with van der Waals surface area (Å²) in [6.45, 7) is 1.35. The third-order valence-electron chi connectivity index (χ3n) is 0.321. The Morgan fingerprint density at radius 2 is 2.14 bits per heavy atom. The van der Waals surface area contributed by atoms with Gasteiger partial charge in [0, 0.05) is 21.1 Å². The van der Waals surface area contributed by atoms with Crippen LogP contribution in [0.1, 0.15) is 13.3 Å². The van der Waals surface area contributed by atoms with Crippen LogP contribution in [0, 0.1) is 0 Å². The van der Waals surface area contributed by atoms with Crippen molar-refractivity contribution in [1.82, 2.24) is 0 Å². The minimum atomic E-state index is -0.134. The van der Waals surface area contributed by atoms with Crippen LogP contribution < -0.4 is 0 Å². The first-order chi connectivity index (χ1) is 2.77. The van der Waals surface area contributed by atoms with Gasteiger partial charge in [0.15, 0.2) is 0 Å². The Labute approximate surface area is 56.5 Å². The molecule has 0 bridgehead atoms. The summed E-state index contributed by atoms with van der Waals surface area (Å²) in [6, 6.07) is 0. The minimum absolute atomic E-state index is 0. The smallest absolute Gasteiger partial charge is 0.103 e. The van der Waals surface area contributed by atoms with Crippen LogP contribution in [0.3, 0.4) is 0 Å². The van der Waals surface area contributed by atoms with Gasteiger partial charge in [0.1, 0.15) is 5.78 Å². The summed E-state index contributed by atoms with van der Waals surface area (Å²) in [5.74, 6) is -0.134. The molecule has 0 spiro atoms. The largest absolute Gasteiger partial charge is 0.541 e. The molecule has 2 nitrogen and oxygen atoms in total. The van der Waals surface area contributed by atoms with Crippen LogP contribution in [-0.4, -0.2) is 12.1 Å². The van der Waals surface area contributed by atoms with Gasteiger partial charge >= 0.3 is 0 Å². The van der Waals surface area contributed by atoms with Crippen molar-refractivity contribution in [1.29, 1.82) is 0 Å². The zero-order chi connectivity index (χ0) is 4.99. The predicted molar refractivity (Wildman–Crippen MR) is 21.0 cm³/mol. The molecule has 0 unspecified atom stereocenters. The first-order valence-electron chi connectivity index (χ1n) is 1.62. The fourth-order valence-electron chi connectivity index (χ4n) is 0.102. The van der Waals surface area contributed by atoms with Crippen molar-refractivity contribution < 1.29 is 30.7 Å². The average Bonchev–Trinajstić information content (AvgIpc) is 1.35. The van der Waals surface area contributed by atoms with Gasteiger partial charge in [0.2, 0.25) is 0 Å². The molecule has 0 amide bonds. The van der Waals surface area contributed by atoms with Crippen molar-refractivity contribution in [2.45, 2.75) is 13.3 Å². The van der Waals surface area contributed by atoms with Gasteiger partial charge in [-0.25, -0.2) is 0 Å². The Morgan fingerprint density at radius 3 is 2.14 bits per heavy atom. The van der Waals surface area contributed by atoms with Crippen molar-refractivity contribution in [2.24, 2.45) is 0 Å². The van der Waals surface area contributed by atoms with E-state index in [9.17, 15) is 9.59 Å². The Balaban J connectivity index is 0. The molecule has 0 N–H and O–H groups in total. The second-order valence-electron chi connectivity index (χ2n) is 1.02. The molecule has 0 heterocycles. The first kappa shape index (κ1) is 10.1. The van der Waals surface area contributed by atoms with Gasteiger partial charge in [-0.15, -0.1) is 0 Å². The topological polar surface area (TPSA) is 34.1 Å². The summed E-state index contributed by atoms with van der Waals surface area (Å²) in [7, 11) is 0. The van der Waals surface area contributed by atoms with E-state index in [1.165, 1.54) is 13.2 Å². The van der Waals surface area contributed by atoms with E-state index in [0.717, 1.165) is 0 Å². The molecule has 0 aliphatic rings. The van der Waals surface area contributed by atoms with E-state index < -0.39 is 0 Å². The van der Waals surface area contributed by atoms with Gasteiger partial charge in [-0.05, 0) is 6.92 Å². The monoisotopic (exact) mass is 280 g/mol. The Hall–Kier alpha value is 0.0283. The number of carbonyl (C=O) groups excluding carboxylic acids is 2. The number of carbonyl (C=O) groups is 1. The second-order valence-corrected chi connectivity index (χ2v) is 1.02. The van der Waals surface area contributed by atoms with Crippen molar-refractivity contribution >= 4 is 12.1 Å². The van der Waals surface area contributed by atoms with Crippen molar-refractivity contribution in [3.8, 4) is 0 Å². The van der Waals surface area contributed by atoms with E-state index in [1.54, 1.807) is 0 Å². The first-order valence-corrected chi connectivity index (χ1v) is 1.62. The molecule has 0 aliphatic carbocycles. The Bertz CT molecular complexity index is 70.1. The molecule has 7 heavy (non-hydrogen) atoms. The van der Waals surface area contributed by atoms with E-state index in [1.807, 2.05) is 0 Å². The molecule has 0 fully saturated rings. The number of hydrogen-bond donors (Lipinski definition) is 0. The van der Waals surface area contributed by atoms with Crippen molar-refractivity contribution in [3.05, 3.63) is 0 Å². The summed E-state index contributed by atoms with van der Waals surface area (Å²) >= 11 is 0. The van der Waals surface area contributed by atoms with Crippen LogP contribution in [0.15, 0.2) is 0 Å². The number of hydrogen-bond acceptors (Lipinski definition) is 2. The molecule has 0 radical (unpaired) electrons. The summed E-state index contributed by atoms with van der Waals surface area (Å²) in [6.07, 6.45) is 1.40. The normalized spacial score (nSPS) is 6.43. The average molecular weight is 280 g/mol. The number of rotatable bonds is 2. The standard InChI is InChI=1S/C4H5O2.Pt/c1-4(6)2-3-5;/h2H2,1H3;/q-1;. The van der Waals surface area contributed by atoms with E-state index in [2.05, 4.69) is 0 Å². The molecule has 0 aliphatic heterocycles. The summed E-state index contributed by atoms with van der Waals surface area (Å²) in [5.41, 5.74) is 0. The summed E-state index contributed by atoms with van der Waals surface area (Å²) in [5, 5.41) is 0. The Kier molecular flexibility index (Phi) is 8.70. The molecule has 0 saturated carbocycles. The van der Waals surface area contributed by atoms with Crippen molar-refractivity contribution in [2.75, 3.05) is 0 Å². The number of Topliss-reactive ketones (excluding diaryl/α,β-unsaturated/α-hetero) is 1. The molecule has 44 valence electrons. The molecule has 0 atom stereocenters.